The van der Waals surface area contributed by atoms with E-state index in [1.807, 2.05) is 6.07 Å². The molecular weight excluding hydrogens is 967 g/mol. The van der Waals surface area contributed by atoms with E-state index in [0.717, 1.165) is 56.3 Å². The Bertz CT molecular complexity index is 3050. The van der Waals surface area contributed by atoms with Crippen LogP contribution in [0, 0.1) is 0 Å². The number of nitrogens with zero attached hydrogens (tertiary/aromatic N) is 3. The number of rotatable bonds is 13. The molecule has 11 nitrogen and oxygen atoms in total. The molecule has 0 saturated carbocycles. The fourth-order valence-corrected chi connectivity index (χ4v) is 7.74. The zero-order valence-corrected chi connectivity index (χ0v) is 37.3. The van der Waals surface area contributed by atoms with Gasteiger partial charge in [-0.15, -0.1) is 0 Å². The number of benzene rings is 6. The number of carbonyl (C=O) groups excluding carboxylic acids is 1. The number of aromatic nitrogens is 2. The van der Waals surface area contributed by atoms with Crippen LogP contribution < -0.4 is 9.47 Å². The minimum Gasteiger partial charge on any atom is -0.478 e. The summed E-state index contributed by atoms with van der Waals surface area (Å²) in [7, 11) is 0. The maximum Gasteiger partial charge on any atom is 0.416 e. The van der Waals surface area contributed by atoms with Crippen LogP contribution in [0.5, 0.6) is 11.5 Å². The Labute approximate surface area is 406 Å². The van der Waals surface area contributed by atoms with Gasteiger partial charge in [0.2, 0.25) is 24.0 Å². The average molecular weight is 1010 g/mol. The zero-order valence-electron chi connectivity index (χ0n) is 35.8. The Morgan fingerprint density at radius 3 is 1.54 bits per heavy atom. The fraction of sp³-hybridized carbons (Fsp3) is 0.216. The molecule has 1 N–H and O–H groups in total. The molecule has 19 heteroatoms. The molecule has 9 rings (SSSR count). The lowest BCUT2D eigenvalue weighted by Gasteiger charge is -2.21. The highest BCUT2D eigenvalue weighted by Gasteiger charge is 2.35. The minimum absolute atomic E-state index is 0. The molecule has 2 aromatic heterocycles. The number of carboxylic acids is 1. The maximum atomic E-state index is 13.5. The average Bonchev–Trinajstić information content (AvgIpc) is 4.11. The van der Waals surface area contributed by atoms with E-state index in [0.29, 0.717) is 44.4 Å². The number of carbonyl (C=O) groups is 2. The quantitative estimate of drug-likeness (QED) is 0.0873. The number of esters is 1. The molecule has 3 heterocycles. The van der Waals surface area contributed by atoms with Crippen molar-refractivity contribution in [2.45, 2.75) is 44.8 Å². The molecular formula is C51H41Cl2F6N3O8. The summed E-state index contributed by atoms with van der Waals surface area (Å²) in [5.41, 5.74) is 0.766. The van der Waals surface area contributed by atoms with E-state index >= 15 is 0 Å². The topological polar surface area (TPSA) is 137 Å². The van der Waals surface area contributed by atoms with Crippen LogP contribution in [-0.4, -0.2) is 58.2 Å². The summed E-state index contributed by atoms with van der Waals surface area (Å²) in [4.78, 5) is 36.1. The number of hydrogen-bond donors (Lipinski definition) is 1. The van der Waals surface area contributed by atoms with Crippen LogP contribution in [0.1, 0.15) is 54.7 Å². The highest BCUT2D eigenvalue weighted by molar-refractivity contribution is 6.31. The van der Waals surface area contributed by atoms with E-state index in [1.165, 1.54) is 42.5 Å². The molecule has 6 aromatic carbocycles. The highest BCUT2D eigenvalue weighted by atomic mass is 35.5. The van der Waals surface area contributed by atoms with Crippen molar-refractivity contribution >= 4 is 57.3 Å². The van der Waals surface area contributed by atoms with Gasteiger partial charge in [-0.25, -0.2) is 19.6 Å². The molecule has 0 spiro atoms. The van der Waals surface area contributed by atoms with E-state index in [1.54, 1.807) is 54.6 Å². The number of carboxylic acid groups (broad SMARTS) is 1. The van der Waals surface area contributed by atoms with Gasteiger partial charge < -0.3 is 28.2 Å². The second-order valence-corrected chi connectivity index (χ2v) is 16.4. The lowest BCUT2D eigenvalue weighted by atomic mass is 10.1. The van der Waals surface area contributed by atoms with Crippen LogP contribution in [0.15, 0.2) is 142 Å². The summed E-state index contributed by atoms with van der Waals surface area (Å²) >= 11 is 12.3. The predicted molar refractivity (Wildman–Crippen MR) is 250 cm³/mol. The Morgan fingerprint density at radius 1 is 0.629 bits per heavy atom. The van der Waals surface area contributed by atoms with Gasteiger partial charge >= 0.3 is 24.3 Å². The van der Waals surface area contributed by atoms with E-state index < -0.39 is 47.6 Å². The molecule has 1 saturated heterocycles. The summed E-state index contributed by atoms with van der Waals surface area (Å²) in [6.45, 7) is 2.47. The van der Waals surface area contributed by atoms with Crippen LogP contribution in [0.25, 0.3) is 45.1 Å². The van der Waals surface area contributed by atoms with Gasteiger partial charge in [0, 0.05) is 27.7 Å². The lowest BCUT2D eigenvalue weighted by Crippen LogP contribution is -2.28. The molecule has 8 aromatic rings. The number of ether oxygens (including phenoxy) is 3. The third kappa shape index (κ3) is 12.2. The Morgan fingerprint density at radius 2 is 1.09 bits per heavy atom. The van der Waals surface area contributed by atoms with E-state index in [2.05, 4.69) is 14.9 Å². The number of aliphatic carboxylic acids is 1. The number of hydrogen-bond acceptors (Lipinski definition) is 10. The van der Waals surface area contributed by atoms with Crippen molar-refractivity contribution in [1.82, 2.24) is 14.9 Å². The highest BCUT2D eigenvalue weighted by Crippen LogP contribution is 2.40. The zero-order chi connectivity index (χ0) is 48.9. The van der Waals surface area contributed by atoms with E-state index in [-0.39, 0.29) is 54.0 Å². The summed E-state index contributed by atoms with van der Waals surface area (Å²) in [5.74, 6) is -1.75. The first-order chi connectivity index (χ1) is 33.0. The van der Waals surface area contributed by atoms with Crippen molar-refractivity contribution < 1.29 is 64.1 Å². The van der Waals surface area contributed by atoms with Crippen molar-refractivity contribution in [2.75, 3.05) is 26.2 Å². The first-order valence-corrected chi connectivity index (χ1v) is 21.9. The molecule has 0 amide bonds. The minimum atomic E-state index is -4.62. The van der Waals surface area contributed by atoms with E-state index in [9.17, 15) is 41.0 Å². The van der Waals surface area contributed by atoms with Crippen LogP contribution in [0.2, 0.25) is 10.0 Å². The molecule has 0 bridgehead atoms. The lowest BCUT2D eigenvalue weighted by molar-refractivity contribution is -0.153. The number of halogens is 8. The van der Waals surface area contributed by atoms with Gasteiger partial charge in [-0.1, -0.05) is 79.2 Å². The number of likely N-dealkylation sites (tertiary alicyclic amines) is 1. The Balaban J connectivity index is 0.000000208. The van der Waals surface area contributed by atoms with Gasteiger partial charge in [0.1, 0.15) is 29.1 Å². The molecule has 2 unspecified atom stereocenters. The van der Waals surface area contributed by atoms with Crippen molar-refractivity contribution in [3.05, 3.63) is 166 Å². The van der Waals surface area contributed by atoms with Crippen LogP contribution in [0.4, 0.5) is 26.3 Å². The number of para-hydroxylation sites is 4. The maximum absolute atomic E-state index is 13.5. The largest absolute Gasteiger partial charge is 0.478 e. The number of oxazole rings is 2. The summed E-state index contributed by atoms with van der Waals surface area (Å²) < 4.78 is 108. The second kappa shape index (κ2) is 21.7. The van der Waals surface area contributed by atoms with Gasteiger partial charge in [-0.2, -0.15) is 26.3 Å². The smallest absolute Gasteiger partial charge is 0.416 e. The van der Waals surface area contributed by atoms with E-state index in [4.69, 9.17) is 46.2 Å². The molecule has 2 atom stereocenters. The van der Waals surface area contributed by atoms with Crippen molar-refractivity contribution in [3.63, 3.8) is 0 Å². The summed E-state index contributed by atoms with van der Waals surface area (Å²) in [6, 6.07) is 31.5. The Hall–Kier alpha value is -7.08. The normalized spacial score (nSPS) is 13.8. The molecule has 364 valence electrons. The first kappa shape index (κ1) is 50.8. The van der Waals surface area contributed by atoms with Gasteiger partial charge in [0.15, 0.2) is 11.2 Å². The second-order valence-electron chi connectivity index (χ2n) is 15.6. The molecule has 1 aliphatic rings. The molecule has 1 fully saturated rings. The summed E-state index contributed by atoms with van der Waals surface area (Å²) in [6.07, 6.45) is -10.2. The van der Waals surface area contributed by atoms with Crippen LogP contribution >= 0.6 is 23.2 Å². The first-order valence-electron chi connectivity index (χ1n) is 21.1. The number of fused-ring (bicyclic) bond motifs is 2. The van der Waals surface area contributed by atoms with Crippen molar-refractivity contribution in [2.24, 2.45) is 0 Å². The molecule has 1 aliphatic heterocycles. The van der Waals surface area contributed by atoms with Gasteiger partial charge in [0.05, 0.1) is 22.3 Å². The van der Waals surface area contributed by atoms with Crippen molar-refractivity contribution in [1.29, 1.82) is 0 Å². The SMILES string of the molecule is C.O=C(O)C(Oc1ccc(Cl)cc1-c1nc2ccccc2o1)c1cccc(C(F)(F)F)c1.O=C(OCCN1CCCC1)C(Oc1ccc(Cl)cc1-c1nc2ccccc2o1)c1cccc(C(F)(F)F)c1. The Kier molecular flexibility index (Phi) is 15.7. The van der Waals surface area contributed by atoms with Gasteiger partial charge in [-0.05, 0) is 111 Å². The standard InChI is InChI=1S/C28H24ClF3N2O4.C22H13ClF3NO4.CH4/c29-20-10-11-23(21(17-20)26-33-22-8-1-2-9-24(22)38-26)37-25(18-6-5-7-19(16-18)28(30,31)32)27(35)36-15-14-34-12-3-4-13-34;23-14-8-9-17(15(11-14)20-27-16-6-1-2-7-18(16)31-20)30-19(21(28)29)12-4-3-5-13(10-12)22(24,25)26;/h1-2,5-11,16-17,25H,3-4,12-15H2;1-11,19H,(H,28,29);1H4. The molecule has 0 aliphatic carbocycles. The van der Waals surface area contributed by atoms with Crippen LogP contribution in [0.3, 0.4) is 0 Å². The third-order valence-corrected chi connectivity index (χ3v) is 11.2. The van der Waals surface area contributed by atoms with Gasteiger partial charge in [0.25, 0.3) is 0 Å². The predicted octanol–water partition coefficient (Wildman–Crippen LogP) is 13.9. The van der Waals surface area contributed by atoms with Crippen molar-refractivity contribution in [3.8, 4) is 34.4 Å². The fourth-order valence-electron chi connectivity index (χ4n) is 7.40. The molecule has 0 radical (unpaired) electrons. The monoisotopic (exact) mass is 1010 g/mol. The summed E-state index contributed by atoms with van der Waals surface area (Å²) in [5, 5.41) is 10.3. The third-order valence-electron chi connectivity index (χ3n) is 10.7. The van der Waals surface area contributed by atoms with Crippen LogP contribution in [-0.2, 0) is 26.7 Å². The molecule has 70 heavy (non-hydrogen) atoms. The number of alkyl halides is 6. The van der Waals surface area contributed by atoms with Gasteiger partial charge in [-0.3, -0.25) is 4.90 Å².